The van der Waals surface area contributed by atoms with E-state index in [0.717, 1.165) is 12.8 Å². The van der Waals surface area contributed by atoms with Crippen LogP contribution in [0.3, 0.4) is 0 Å². The van der Waals surface area contributed by atoms with Gasteiger partial charge in [0.2, 0.25) is 10.0 Å². The summed E-state index contributed by atoms with van der Waals surface area (Å²) < 4.78 is 27.4. The molecule has 2 heterocycles. The van der Waals surface area contributed by atoms with Gasteiger partial charge in [-0.25, -0.2) is 13.4 Å². The van der Waals surface area contributed by atoms with E-state index in [2.05, 4.69) is 16.9 Å². The van der Waals surface area contributed by atoms with Crippen LogP contribution in [0.5, 0.6) is 0 Å². The number of hydrogen-bond donors (Lipinski definition) is 1. The number of aromatic nitrogens is 2. The molecule has 32 heavy (non-hydrogen) atoms. The molecule has 1 aliphatic rings. The number of benzene rings is 2. The predicted octanol–water partition coefficient (Wildman–Crippen LogP) is 2.62. The number of amides is 1. The highest BCUT2D eigenvalue weighted by Gasteiger charge is 2.28. The summed E-state index contributed by atoms with van der Waals surface area (Å²) in [5.74, 6) is 0.419. The first-order chi connectivity index (χ1) is 15.3. The van der Waals surface area contributed by atoms with Crippen LogP contribution in [0.4, 0.5) is 0 Å². The molecular formula is C23H26N4O4S. The molecule has 2 aromatic carbocycles. The van der Waals surface area contributed by atoms with E-state index in [9.17, 15) is 18.0 Å². The zero-order chi connectivity index (χ0) is 22.9. The van der Waals surface area contributed by atoms with Crippen molar-refractivity contribution in [1.29, 1.82) is 0 Å². The van der Waals surface area contributed by atoms with Gasteiger partial charge in [-0.1, -0.05) is 19.1 Å². The van der Waals surface area contributed by atoms with Gasteiger partial charge in [0, 0.05) is 25.7 Å². The lowest BCUT2D eigenvalue weighted by atomic mass is 10.0. The number of carbonyl (C=O) groups excluding carboxylic acids is 1. The molecule has 0 saturated carbocycles. The number of rotatable bonds is 5. The highest BCUT2D eigenvalue weighted by molar-refractivity contribution is 7.89. The van der Waals surface area contributed by atoms with Crippen molar-refractivity contribution in [3.63, 3.8) is 0 Å². The molecule has 3 aromatic rings. The molecule has 8 nitrogen and oxygen atoms in total. The van der Waals surface area contributed by atoms with Crippen molar-refractivity contribution in [1.82, 2.24) is 19.2 Å². The summed E-state index contributed by atoms with van der Waals surface area (Å²) in [5.41, 5.74) is 0.670. The summed E-state index contributed by atoms with van der Waals surface area (Å²) in [5, 5.41) is 0.491. The Balaban J connectivity index is 1.49. The van der Waals surface area contributed by atoms with Crippen LogP contribution in [0.2, 0.25) is 0 Å². The van der Waals surface area contributed by atoms with Crippen molar-refractivity contribution in [2.24, 2.45) is 5.92 Å². The highest BCUT2D eigenvalue weighted by atomic mass is 32.2. The maximum Gasteiger partial charge on any atom is 0.258 e. The smallest absolute Gasteiger partial charge is 0.258 e. The minimum Gasteiger partial charge on any atom is -0.334 e. The van der Waals surface area contributed by atoms with Crippen molar-refractivity contribution in [2.45, 2.75) is 31.2 Å². The van der Waals surface area contributed by atoms with E-state index in [4.69, 9.17) is 0 Å². The largest absolute Gasteiger partial charge is 0.334 e. The van der Waals surface area contributed by atoms with E-state index < -0.39 is 10.0 Å². The van der Waals surface area contributed by atoms with Gasteiger partial charge in [0.15, 0.2) is 0 Å². The van der Waals surface area contributed by atoms with Gasteiger partial charge in [-0.3, -0.25) is 9.59 Å². The third-order valence-corrected chi connectivity index (χ3v) is 7.63. The third-order valence-electron chi connectivity index (χ3n) is 5.75. The molecule has 0 spiro atoms. The summed E-state index contributed by atoms with van der Waals surface area (Å²) in [7, 11) is -1.96. The molecule has 1 N–H and O–H groups in total. The second-order valence-electron chi connectivity index (χ2n) is 8.33. The number of nitrogens with one attached hydrogen (secondary N) is 1. The Morgan fingerprint density at radius 3 is 2.62 bits per heavy atom. The number of nitrogens with zero attached hydrogens (tertiary/aromatic N) is 3. The van der Waals surface area contributed by atoms with Crippen LogP contribution in [0.25, 0.3) is 10.9 Å². The second-order valence-corrected chi connectivity index (χ2v) is 10.3. The van der Waals surface area contributed by atoms with Crippen LogP contribution in [0.1, 0.15) is 35.9 Å². The Labute approximate surface area is 186 Å². The molecule has 168 valence electrons. The molecule has 0 unspecified atom stereocenters. The summed E-state index contributed by atoms with van der Waals surface area (Å²) in [4.78, 5) is 33.8. The topological polar surface area (TPSA) is 103 Å². The zero-order valence-electron chi connectivity index (χ0n) is 18.1. The predicted molar refractivity (Wildman–Crippen MR) is 122 cm³/mol. The molecule has 1 aliphatic heterocycles. The van der Waals surface area contributed by atoms with Gasteiger partial charge in [-0.15, -0.1) is 0 Å². The fraction of sp³-hybridized carbons (Fsp3) is 0.348. The van der Waals surface area contributed by atoms with Gasteiger partial charge in [0.05, 0.1) is 22.3 Å². The lowest BCUT2D eigenvalue weighted by molar-refractivity contribution is 0.0781. The summed E-state index contributed by atoms with van der Waals surface area (Å²) in [6.45, 7) is 3.21. The number of carbonyl (C=O) groups is 1. The van der Waals surface area contributed by atoms with Gasteiger partial charge in [-0.05, 0) is 55.2 Å². The molecule has 1 amide bonds. The normalized spacial score (nSPS) is 17.4. The number of piperidine rings is 1. The summed E-state index contributed by atoms with van der Waals surface area (Å²) in [6.07, 6.45) is 1.88. The summed E-state index contributed by atoms with van der Waals surface area (Å²) >= 11 is 0. The van der Waals surface area contributed by atoms with E-state index >= 15 is 0 Å². The van der Waals surface area contributed by atoms with Crippen molar-refractivity contribution in [3.8, 4) is 0 Å². The lowest BCUT2D eigenvalue weighted by Crippen LogP contribution is -2.39. The van der Waals surface area contributed by atoms with E-state index in [1.165, 1.54) is 33.5 Å². The molecule has 9 heteroatoms. The van der Waals surface area contributed by atoms with Crippen molar-refractivity contribution in [2.75, 3.05) is 20.1 Å². The maximum absolute atomic E-state index is 12.9. The molecule has 1 atom stereocenters. The number of fused-ring (bicyclic) bond motifs is 1. The maximum atomic E-state index is 12.9. The van der Waals surface area contributed by atoms with Crippen LogP contribution in [-0.2, 0) is 16.6 Å². The third kappa shape index (κ3) is 4.44. The Morgan fingerprint density at radius 2 is 1.91 bits per heavy atom. The fourth-order valence-electron chi connectivity index (χ4n) is 4.01. The van der Waals surface area contributed by atoms with Gasteiger partial charge in [-0.2, -0.15) is 4.31 Å². The first-order valence-corrected chi connectivity index (χ1v) is 12.0. The second kappa shape index (κ2) is 8.84. The van der Waals surface area contributed by atoms with Crippen LogP contribution in [-0.4, -0.2) is 53.6 Å². The van der Waals surface area contributed by atoms with Crippen LogP contribution < -0.4 is 5.56 Å². The zero-order valence-corrected chi connectivity index (χ0v) is 18.9. The minimum atomic E-state index is -3.57. The number of para-hydroxylation sites is 1. The van der Waals surface area contributed by atoms with E-state index in [0.29, 0.717) is 41.3 Å². The Morgan fingerprint density at radius 1 is 1.19 bits per heavy atom. The highest BCUT2D eigenvalue weighted by Crippen LogP contribution is 2.24. The summed E-state index contributed by atoms with van der Waals surface area (Å²) in [6, 6.07) is 13.0. The number of hydrogen-bond acceptors (Lipinski definition) is 5. The molecule has 0 radical (unpaired) electrons. The van der Waals surface area contributed by atoms with Gasteiger partial charge in [0.25, 0.3) is 11.5 Å². The first-order valence-electron chi connectivity index (χ1n) is 10.6. The van der Waals surface area contributed by atoms with Crippen LogP contribution in [0, 0.1) is 5.92 Å². The Bertz CT molecular complexity index is 1300. The first kappa shape index (κ1) is 22.2. The van der Waals surface area contributed by atoms with Crippen molar-refractivity contribution < 1.29 is 13.2 Å². The van der Waals surface area contributed by atoms with Gasteiger partial charge in [0.1, 0.15) is 5.82 Å². The van der Waals surface area contributed by atoms with Gasteiger partial charge < -0.3 is 9.88 Å². The minimum absolute atomic E-state index is 0.116. The van der Waals surface area contributed by atoms with Crippen LogP contribution >= 0.6 is 0 Å². The molecule has 0 aliphatic carbocycles. The molecule has 0 bridgehead atoms. The SMILES string of the molecule is C[C@@H]1CCCN(S(=O)(=O)c2ccc(C(=O)N(C)Cc3nc4ccccc4c(=O)[nH]3)cc2)C1. The van der Waals surface area contributed by atoms with Crippen molar-refractivity contribution in [3.05, 3.63) is 70.3 Å². The standard InChI is InChI=1S/C23H26N4O4S/c1-16-6-5-13-27(14-16)32(30,31)18-11-9-17(10-12-18)23(29)26(2)15-21-24-20-8-4-3-7-19(20)22(28)25-21/h3-4,7-12,16H,5-6,13-15H2,1-2H3,(H,24,25,28)/t16-/m1/s1. The molecule has 1 fully saturated rings. The number of aromatic amines is 1. The molecule has 1 saturated heterocycles. The fourth-order valence-corrected chi connectivity index (χ4v) is 5.61. The van der Waals surface area contributed by atoms with Crippen LogP contribution in [0.15, 0.2) is 58.2 Å². The van der Waals surface area contributed by atoms with E-state index in [1.54, 1.807) is 31.3 Å². The average Bonchev–Trinajstić information content (AvgIpc) is 2.78. The lowest BCUT2D eigenvalue weighted by Gasteiger charge is -2.30. The number of sulfonamides is 1. The monoisotopic (exact) mass is 454 g/mol. The average molecular weight is 455 g/mol. The number of H-pyrrole nitrogens is 1. The van der Waals surface area contributed by atoms with E-state index in [1.807, 2.05) is 0 Å². The molecular weight excluding hydrogens is 428 g/mol. The molecule has 4 rings (SSSR count). The Hall–Kier alpha value is -3.04. The van der Waals surface area contributed by atoms with E-state index in [-0.39, 0.29) is 22.9 Å². The van der Waals surface area contributed by atoms with Crippen molar-refractivity contribution >= 4 is 26.8 Å². The molecule has 1 aromatic heterocycles. The van der Waals surface area contributed by atoms with Gasteiger partial charge >= 0.3 is 0 Å². The quantitative estimate of drug-likeness (QED) is 0.638. The Kier molecular flexibility index (Phi) is 6.12.